The van der Waals surface area contributed by atoms with Crippen molar-refractivity contribution in [3.8, 4) is 0 Å². The first-order chi connectivity index (χ1) is 13.0. The average molecular weight is 363 g/mol. The molecule has 1 aromatic heterocycles. The number of aromatic nitrogens is 1. The summed E-state index contributed by atoms with van der Waals surface area (Å²) in [6, 6.07) is 16.3. The number of carbonyl (C=O) groups is 2. The second kappa shape index (κ2) is 8.23. The highest BCUT2D eigenvalue weighted by atomic mass is 19.1. The monoisotopic (exact) mass is 363 g/mol. The molecule has 0 bridgehead atoms. The van der Waals surface area contributed by atoms with Crippen molar-refractivity contribution >= 4 is 23.2 Å². The van der Waals surface area contributed by atoms with Crippen molar-refractivity contribution in [3.05, 3.63) is 89.4 Å². The van der Waals surface area contributed by atoms with Crippen LogP contribution in [0.25, 0.3) is 0 Å². The summed E-state index contributed by atoms with van der Waals surface area (Å²) < 4.78 is 12.9. The fourth-order valence-corrected chi connectivity index (χ4v) is 2.42. The van der Waals surface area contributed by atoms with Crippen LogP contribution in [0, 0.1) is 5.82 Å². The van der Waals surface area contributed by atoms with Crippen LogP contribution in [0.3, 0.4) is 0 Å². The van der Waals surface area contributed by atoms with Gasteiger partial charge in [-0.2, -0.15) is 0 Å². The van der Waals surface area contributed by atoms with Crippen LogP contribution in [0.2, 0.25) is 0 Å². The molecule has 0 radical (unpaired) electrons. The van der Waals surface area contributed by atoms with Gasteiger partial charge in [0.1, 0.15) is 11.6 Å². The zero-order valence-electron chi connectivity index (χ0n) is 14.7. The topological polar surface area (TPSA) is 71.1 Å². The molecule has 0 unspecified atom stereocenters. The summed E-state index contributed by atoms with van der Waals surface area (Å²) in [6.45, 7) is 1.99. The molecule has 0 spiro atoms. The van der Waals surface area contributed by atoms with Gasteiger partial charge in [-0.25, -0.2) is 9.37 Å². The molecule has 6 heteroatoms. The molecule has 0 saturated heterocycles. The summed E-state index contributed by atoms with van der Waals surface area (Å²) in [7, 11) is 0. The minimum absolute atomic E-state index is 0.0270. The number of pyridine rings is 1. The molecule has 2 N–H and O–H groups in total. The Morgan fingerprint density at radius 1 is 0.926 bits per heavy atom. The zero-order chi connectivity index (χ0) is 19.2. The lowest BCUT2D eigenvalue weighted by atomic mass is 10.1. The number of hydrogen-bond acceptors (Lipinski definition) is 4. The standard InChI is InChI=1S/C21H18FN3O2/c1-14(26)16-4-9-19(10-5-16)25-21(27)17-6-11-20(24-13-17)23-12-15-2-7-18(22)8-3-15/h2-11,13H,12H2,1H3,(H,23,24)(H,25,27). The molecule has 2 aromatic carbocycles. The smallest absolute Gasteiger partial charge is 0.257 e. The lowest BCUT2D eigenvalue weighted by Crippen LogP contribution is -2.12. The van der Waals surface area contributed by atoms with E-state index in [2.05, 4.69) is 15.6 Å². The fraction of sp³-hybridized carbons (Fsp3) is 0.0952. The van der Waals surface area contributed by atoms with Crippen LogP contribution in [0.15, 0.2) is 66.9 Å². The number of hydrogen-bond donors (Lipinski definition) is 2. The average Bonchev–Trinajstić information content (AvgIpc) is 2.68. The van der Waals surface area contributed by atoms with E-state index in [9.17, 15) is 14.0 Å². The number of nitrogens with one attached hydrogen (secondary N) is 2. The number of ketones is 1. The number of anilines is 2. The third-order valence-electron chi connectivity index (χ3n) is 3.96. The summed E-state index contributed by atoms with van der Waals surface area (Å²) in [5.41, 5.74) is 2.53. The molecular formula is C21H18FN3O2. The normalized spacial score (nSPS) is 10.3. The number of benzene rings is 2. The Labute approximate surface area is 156 Å². The van der Waals surface area contributed by atoms with Gasteiger partial charge < -0.3 is 10.6 Å². The van der Waals surface area contributed by atoms with Gasteiger partial charge in [-0.3, -0.25) is 9.59 Å². The Hall–Kier alpha value is -3.54. The number of carbonyl (C=O) groups excluding carboxylic acids is 2. The van der Waals surface area contributed by atoms with Gasteiger partial charge >= 0.3 is 0 Å². The number of halogens is 1. The van der Waals surface area contributed by atoms with Crippen molar-refractivity contribution in [1.82, 2.24) is 4.98 Å². The first-order valence-electron chi connectivity index (χ1n) is 8.38. The summed E-state index contributed by atoms with van der Waals surface area (Å²) in [5.74, 6) is 0.0221. The number of nitrogens with zero attached hydrogens (tertiary/aromatic N) is 1. The molecule has 136 valence electrons. The molecule has 0 atom stereocenters. The Kier molecular flexibility index (Phi) is 5.56. The van der Waals surface area contributed by atoms with Gasteiger partial charge in [-0.05, 0) is 61.0 Å². The summed E-state index contributed by atoms with van der Waals surface area (Å²) >= 11 is 0. The van der Waals surface area contributed by atoms with E-state index in [0.29, 0.717) is 29.2 Å². The van der Waals surface area contributed by atoms with Gasteiger partial charge in [-0.1, -0.05) is 12.1 Å². The number of rotatable bonds is 6. The van der Waals surface area contributed by atoms with Gasteiger partial charge in [0, 0.05) is 24.0 Å². The fourth-order valence-electron chi connectivity index (χ4n) is 2.42. The highest BCUT2D eigenvalue weighted by Crippen LogP contribution is 2.13. The molecule has 5 nitrogen and oxygen atoms in total. The van der Waals surface area contributed by atoms with E-state index in [0.717, 1.165) is 5.56 Å². The minimum atomic E-state index is -0.289. The molecule has 3 aromatic rings. The molecule has 0 aliphatic heterocycles. The van der Waals surface area contributed by atoms with Crippen LogP contribution in [-0.4, -0.2) is 16.7 Å². The Bertz CT molecular complexity index is 937. The molecular weight excluding hydrogens is 345 g/mol. The lowest BCUT2D eigenvalue weighted by molar-refractivity contribution is 0.101. The third-order valence-corrected chi connectivity index (χ3v) is 3.96. The molecule has 0 aliphatic rings. The van der Waals surface area contributed by atoms with Crippen molar-refractivity contribution in [3.63, 3.8) is 0 Å². The molecule has 1 amide bonds. The third kappa shape index (κ3) is 4.98. The SMILES string of the molecule is CC(=O)c1ccc(NC(=O)c2ccc(NCc3ccc(F)cc3)nc2)cc1. The highest BCUT2D eigenvalue weighted by Gasteiger charge is 2.07. The molecule has 0 aliphatic carbocycles. The van der Waals surface area contributed by atoms with Gasteiger partial charge in [-0.15, -0.1) is 0 Å². The Balaban J connectivity index is 1.58. The van der Waals surface area contributed by atoms with Gasteiger partial charge in [0.05, 0.1) is 5.56 Å². The van der Waals surface area contributed by atoms with E-state index in [4.69, 9.17) is 0 Å². The van der Waals surface area contributed by atoms with Gasteiger partial charge in [0.2, 0.25) is 0 Å². The van der Waals surface area contributed by atoms with Crippen LogP contribution in [0.4, 0.5) is 15.9 Å². The maximum Gasteiger partial charge on any atom is 0.257 e. The lowest BCUT2D eigenvalue weighted by Gasteiger charge is -2.08. The number of amides is 1. The van der Waals surface area contributed by atoms with Crippen LogP contribution < -0.4 is 10.6 Å². The molecule has 3 rings (SSSR count). The summed E-state index contributed by atoms with van der Waals surface area (Å²) in [6.07, 6.45) is 1.48. The van der Waals surface area contributed by atoms with E-state index in [1.807, 2.05) is 0 Å². The second-order valence-corrected chi connectivity index (χ2v) is 6.00. The maximum atomic E-state index is 12.9. The number of Topliss-reactive ketones (excluding diaryl/α,β-unsaturated/α-hetero) is 1. The zero-order valence-corrected chi connectivity index (χ0v) is 14.7. The molecule has 0 fully saturated rings. The largest absolute Gasteiger partial charge is 0.366 e. The molecule has 1 heterocycles. The van der Waals surface area contributed by atoms with Crippen LogP contribution in [0.5, 0.6) is 0 Å². The van der Waals surface area contributed by atoms with Crippen molar-refractivity contribution in [2.75, 3.05) is 10.6 Å². The second-order valence-electron chi connectivity index (χ2n) is 6.00. The predicted octanol–water partition coefficient (Wildman–Crippen LogP) is 4.29. The minimum Gasteiger partial charge on any atom is -0.366 e. The predicted molar refractivity (Wildman–Crippen MR) is 102 cm³/mol. The quantitative estimate of drug-likeness (QED) is 0.641. The first kappa shape index (κ1) is 18.3. The van der Waals surface area contributed by atoms with Crippen molar-refractivity contribution in [1.29, 1.82) is 0 Å². The first-order valence-corrected chi connectivity index (χ1v) is 8.38. The van der Waals surface area contributed by atoms with Crippen molar-refractivity contribution in [2.24, 2.45) is 0 Å². The van der Waals surface area contributed by atoms with E-state index in [1.165, 1.54) is 25.3 Å². The highest BCUT2D eigenvalue weighted by molar-refractivity contribution is 6.04. The Morgan fingerprint density at radius 2 is 1.59 bits per heavy atom. The summed E-state index contributed by atoms with van der Waals surface area (Å²) in [4.78, 5) is 27.8. The van der Waals surface area contributed by atoms with Crippen LogP contribution in [0.1, 0.15) is 33.2 Å². The Morgan fingerprint density at radius 3 is 2.19 bits per heavy atom. The van der Waals surface area contributed by atoms with E-state index >= 15 is 0 Å². The van der Waals surface area contributed by atoms with Gasteiger partial charge in [0.25, 0.3) is 5.91 Å². The van der Waals surface area contributed by atoms with Crippen molar-refractivity contribution < 1.29 is 14.0 Å². The molecule has 0 saturated carbocycles. The van der Waals surface area contributed by atoms with Gasteiger partial charge in [0.15, 0.2) is 5.78 Å². The summed E-state index contributed by atoms with van der Waals surface area (Å²) in [5, 5.41) is 5.88. The van der Waals surface area contributed by atoms with Crippen LogP contribution in [-0.2, 0) is 6.54 Å². The van der Waals surface area contributed by atoms with E-state index < -0.39 is 0 Å². The maximum absolute atomic E-state index is 12.9. The molecule has 27 heavy (non-hydrogen) atoms. The van der Waals surface area contributed by atoms with E-state index in [1.54, 1.807) is 48.5 Å². The van der Waals surface area contributed by atoms with E-state index in [-0.39, 0.29) is 17.5 Å². The van der Waals surface area contributed by atoms with Crippen molar-refractivity contribution in [2.45, 2.75) is 13.5 Å². The van der Waals surface area contributed by atoms with Crippen LogP contribution >= 0.6 is 0 Å².